The van der Waals surface area contributed by atoms with Crippen LogP contribution in [0.5, 0.6) is 0 Å². The zero-order chi connectivity index (χ0) is 31.1. The molecule has 1 aromatic heterocycles. The van der Waals surface area contributed by atoms with Crippen molar-refractivity contribution in [1.82, 2.24) is 20.2 Å². The minimum absolute atomic E-state index is 0.264. The summed E-state index contributed by atoms with van der Waals surface area (Å²) in [6.45, 7) is 7.88. The lowest BCUT2D eigenvalue weighted by molar-refractivity contribution is -0.539. The first-order valence-electron chi connectivity index (χ1n) is 13.7. The second kappa shape index (κ2) is 16.6. The molecule has 0 spiro atoms. The van der Waals surface area contributed by atoms with Gasteiger partial charge in [0.2, 0.25) is 11.9 Å². The Morgan fingerprint density at radius 3 is 2.71 bits per heavy atom. The molecule has 1 aromatic carbocycles. The molecule has 226 valence electrons. The summed E-state index contributed by atoms with van der Waals surface area (Å²) in [7, 11) is 5.04. The second-order valence-corrected chi connectivity index (χ2v) is 10.3. The fourth-order valence-electron chi connectivity index (χ4n) is 3.49. The number of hydrogen-bond acceptors (Lipinski definition) is 9. The number of unbranched alkanes of at least 4 members (excludes halogenated alkanes) is 1. The smallest absolute Gasteiger partial charge is 0.410 e. The van der Waals surface area contributed by atoms with Crippen molar-refractivity contribution in [2.24, 2.45) is 0 Å². The molecule has 2 amide bonds. The predicted octanol–water partition coefficient (Wildman–Crippen LogP) is 3.12. The number of nitrogens with two attached hydrogens (primary N) is 1. The monoisotopic (exact) mass is 579 g/mol. The van der Waals surface area contributed by atoms with Crippen molar-refractivity contribution >= 4 is 41.4 Å². The third kappa shape index (κ3) is 11.1. The van der Waals surface area contributed by atoms with E-state index in [-0.39, 0.29) is 5.91 Å². The van der Waals surface area contributed by atoms with Crippen LogP contribution in [-0.2, 0) is 14.3 Å². The van der Waals surface area contributed by atoms with E-state index in [9.17, 15) is 9.59 Å². The van der Waals surface area contributed by atoms with E-state index in [0.29, 0.717) is 43.3 Å². The number of quaternary nitrogens is 1. The molecule has 0 saturated heterocycles. The fraction of sp³-hybridized carbons (Fsp3) is 0.433. The fourth-order valence-corrected chi connectivity index (χ4v) is 3.49. The van der Waals surface area contributed by atoms with Crippen molar-refractivity contribution < 1.29 is 24.4 Å². The topological polar surface area (TPSA) is 158 Å². The lowest BCUT2D eigenvalue weighted by atomic mass is 10.1. The highest BCUT2D eigenvalue weighted by Crippen LogP contribution is 2.20. The summed E-state index contributed by atoms with van der Waals surface area (Å²) >= 11 is 0. The zero-order valence-electron chi connectivity index (χ0n) is 25.5. The van der Waals surface area contributed by atoms with Gasteiger partial charge in [-0.05, 0) is 52.3 Å². The van der Waals surface area contributed by atoms with Crippen LogP contribution < -0.4 is 21.3 Å². The number of nitrogens with zero attached hydrogens (tertiary/aromatic N) is 3. The summed E-state index contributed by atoms with van der Waals surface area (Å²) in [5.74, 6) is 6.92. The summed E-state index contributed by atoms with van der Waals surface area (Å²) in [5.41, 5.74) is 2.55. The number of likely N-dealkylation sites (N-methyl/N-ethyl adjacent to an activating group) is 1. The molecule has 0 fully saturated rings. The van der Waals surface area contributed by atoms with Gasteiger partial charge in [-0.25, -0.2) is 9.78 Å². The van der Waals surface area contributed by atoms with E-state index in [1.54, 1.807) is 47.3 Å². The molecule has 6 N–H and O–H groups in total. The van der Waals surface area contributed by atoms with E-state index in [1.807, 2.05) is 36.6 Å². The first-order valence-corrected chi connectivity index (χ1v) is 13.7. The molecule has 0 bridgehead atoms. The molecule has 0 aliphatic rings. The second-order valence-electron chi connectivity index (χ2n) is 10.3. The van der Waals surface area contributed by atoms with E-state index in [1.165, 1.54) is 18.2 Å². The highest BCUT2D eigenvalue weighted by Gasteiger charge is 2.26. The Hall–Kier alpha value is -4.63. The van der Waals surface area contributed by atoms with Crippen LogP contribution in [0.3, 0.4) is 0 Å². The summed E-state index contributed by atoms with van der Waals surface area (Å²) in [4.78, 5) is 35.0. The van der Waals surface area contributed by atoms with E-state index in [0.717, 1.165) is 16.9 Å². The molecule has 2 aromatic rings. The van der Waals surface area contributed by atoms with Gasteiger partial charge in [0.1, 0.15) is 23.1 Å². The first-order chi connectivity index (χ1) is 20.0. The normalized spacial score (nSPS) is 11.6. The summed E-state index contributed by atoms with van der Waals surface area (Å²) < 4.78 is 10.3. The van der Waals surface area contributed by atoms with Crippen LogP contribution in [0.1, 0.15) is 51.7 Å². The van der Waals surface area contributed by atoms with Gasteiger partial charge in [-0.2, -0.15) is 4.98 Å². The van der Waals surface area contributed by atoms with E-state index >= 15 is 0 Å². The molecule has 42 heavy (non-hydrogen) atoms. The highest BCUT2D eigenvalue weighted by molar-refractivity contribution is 5.85. The lowest BCUT2D eigenvalue weighted by Crippen LogP contribution is -2.73. The maximum Gasteiger partial charge on any atom is 0.410 e. The maximum absolute atomic E-state index is 12.5. The Kier molecular flexibility index (Phi) is 13.3. The molecule has 0 saturated carbocycles. The van der Waals surface area contributed by atoms with Gasteiger partial charge in [-0.1, -0.05) is 11.8 Å². The number of ether oxygens (including phenoxy) is 2. The number of rotatable bonds is 13. The number of carbonyl (C=O) groups excluding carboxylic acids is 2. The van der Waals surface area contributed by atoms with Crippen LogP contribution in [0.25, 0.3) is 0 Å². The maximum atomic E-state index is 12.5. The quantitative estimate of drug-likeness (QED) is 0.0796. The van der Waals surface area contributed by atoms with Crippen molar-refractivity contribution in [3.63, 3.8) is 0 Å². The van der Waals surface area contributed by atoms with Gasteiger partial charge < -0.3 is 36.2 Å². The number of aromatic nitrogens is 2. The minimum Gasteiger partial charge on any atom is -0.505 e. The number of anilines is 3. The predicted molar refractivity (Wildman–Crippen MR) is 164 cm³/mol. The third-order valence-corrected chi connectivity index (χ3v) is 5.86. The van der Waals surface area contributed by atoms with Crippen LogP contribution >= 0.6 is 0 Å². The Balaban J connectivity index is 2.00. The van der Waals surface area contributed by atoms with Crippen LogP contribution in [0.4, 0.5) is 27.9 Å². The summed E-state index contributed by atoms with van der Waals surface area (Å²) in [6.07, 6.45) is 6.98. The van der Waals surface area contributed by atoms with Crippen molar-refractivity contribution in [2.45, 2.75) is 52.2 Å². The molecule has 1 atom stereocenters. The average molecular weight is 580 g/mol. The third-order valence-electron chi connectivity index (χ3n) is 5.86. The van der Waals surface area contributed by atoms with Gasteiger partial charge in [0.15, 0.2) is 0 Å². The van der Waals surface area contributed by atoms with Crippen molar-refractivity contribution in [3.8, 4) is 11.8 Å². The molecule has 12 heteroatoms. The number of nitrogens with one attached hydrogen (secondary N) is 4. The number of amides is 2. The number of carbonyl (C=O) groups is 2. The van der Waals surface area contributed by atoms with Gasteiger partial charge >= 0.3 is 6.09 Å². The van der Waals surface area contributed by atoms with E-state index < -0.39 is 17.7 Å². The molecular weight excluding hydrogens is 536 g/mol. The van der Waals surface area contributed by atoms with Gasteiger partial charge in [0.05, 0.1) is 37.7 Å². The first kappa shape index (κ1) is 33.6. The molecule has 2 rings (SSSR count). The summed E-state index contributed by atoms with van der Waals surface area (Å²) in [6, 6.07) is 4.99. The van der Waals surface area contributed by atoms with Gasteiger partial charge in [0.25, 0.3) is 0 Å². The number of methoxy groups -OCH3 is 1. The Bertz CT molecular complexity index is 1310. The molecule has 0 radical (unpaired) electrons. The van der Waals surface area contributed by atoms with Crippen molar-refractivity contribution in [1.29, 1.82) is 5.41 Å². The van der Waals surface area contributed by atoms with E-state index in [4.69, 9.17) is 14.9 Å². The Morgan fingerprint density at radius 1 is 1.29 bits per heavy atom. The van der Waals surface area contributed by atoms with Gasteiger partial charge in [-0.15, -0.1) is 0 Å². The lowest BCUT2D eigenvalue weighted by Gasteiger charge is -2.28. The van der Waals surface area contributed by atoms with Crippen LogP contribution in [-0.4, -0.2) is 79.0 Å². The SMILES string of the molecule is C[NH2+]c1cc(Nc2ncc(C#CCCCNC(=O)C(C)N(C)C(=O)OC(C)(C)C)c(NCC=COC)n2)ccc1C=N. The average Bonchev–Trinajstić information content (AvgIpc) is 2.95. The Labute approximate surface area is 248 Å². The number of benzene rings is 1. The zero-order valence-corrected chi connectivity index (χ0v) is 25.5. The van der Waals surface area contributed by atoms with Crippen LogP contribution in [0.2, 0.25) is 0 Å². The molecule has 1 heterocycles. The van der Waals surface area contributed by atoms with Crippen molar-refractivity contribution in [3.05, 3.63) is 47.9 Å². The minimum atomic E-state index is -0.670. The molecule has 0 aliphatic carbocycles. The van der Waals surface area contributed by atoms with Crippen LogP contribution in [0, 0.1) is 17.3 Å². The highest BCUT2D eigenvalue weighted by atomic mass is 16.6. The van der Waals surface area contributed by atoms with Gasteiger partial charge in [-0.3, -0.25) is 9.69 Å². The van der Waals surface area contributed by atoms with Gasteiger partial charge in [0, 0.05) is 44.5 Å². The molecule has 1 unspecified atom stereocenters. The van der Waals surface area contributed by atoms with Crippen molar-refractivity contribution in [2.75, 3.05) is 44.9 Å². The molecular formula is C30H43N8O4+. The van der Waals surface area contributed by atoms with Crippen LogP contribution in [0.15, 0.2) is 36.7 Å². The summed E-state index contributed by atoms with van der Waals surface area (Å²) in [5, 5.41) is 18.8. The standard InChI is InChI=1S/C30H42N8O4/c1-21(38(6)29(40)42-30(2,3)4)27(39)34-15-10-8-9-12-23-20-35-28(37-26(23)33-16-11-17-41-7)36-24-14-13-22(19-31)25(18-24)32-5/h11,13-14,17-21,31-32H,8,10,15-16H2,1-7H3,(H,34,39)(H2,33,35,36,37)/p+1. The van der Waals surface area contributed by atoms with E-state index in [2.05, 4.69) is 37.8 Å². The Morgan fingerprint density at radius 2 is 2.05 bits per heavy atom. The molecule has 12 nitrogen and oxygen atoms in total. The number of hydrogen-bond donors (Lipinski definition) is 5. The largest absolute Gasteiger partial charge is 0.505 e. The molecule has 0 aliphatic heterocycles.